The van der Waals surface area contributed by atoms with Gasteiger partial charge >= 0.3 is 0 Å². The van der Waals surface area contributed by atoms with Crippen molar-refractivity contribution in [2.24, 2.45) is 5.14 Å². The SMILES string of the molecule is NS(=O)(=O)c1cc(CO)cc(N(Cc2ccc(F)c(Cl)c2)Cc2ccc(F)c(Cl)c2)c1Oc1ccccc1. The first-order chi connectivity index (χ1) is 18.0. The summed E-state index contributed by atoms with van der Waals surface area (Å²) in [7, 11) is -4.32. The maximum Gasteiger partial charge on any atom is 0.241 e. The molecule has 11 heteroatoms. The van der Waals surface area contributed by atoms with Gasteiger partial charge in [0.2, 0.25) is 10.0 Å². The van der Waals surface area contributed by atoms with Crippen molar-refractivity contribution >= 4 is 38.9 Å². The number of primary sulfonamides is 1. The van der Waals surface area contributed by atoms with Crippen LogP contribution >= 0.6 is 23.2 Å². The number of aliphatic hydroxyl groups excluding tert-OH is 1. The summed E-state index contributed by atoms with van der Waals surface area (Å²) in [6, 6.07) is 19.6. The second kappa shape index (κ2) is 11.7. The first kappa shape index (κ1) is 27.8. The quantitative estimate of drug-likeness (QED) is 0.239. The fourth-order valence-electron chi connectivity index (χ4n) is 3.83. The Kier molecular flexibility index (Phi) is 8.54. The van der Waals surface area contributed by atoms with Gasteiger partial charge in [0.05, 0.1) is 22.3 Å². The van der Waals surface area contributed by atoms with Crippen LogP contribution < -0.4 is 14.8 Å². The normalized spacial score (nSPS) is 11.4. The fraction of sp³-hybridized carbons (Fsp3) is 0.111. The van der Waals surface area contributed by atoms with E-state index in [2.05, 4.69) is 0 Å². The van der Waals surface area contributed by atoms with Crippen molar-refractivity contribution in [2.75, 3.05) is 4.90 Å². The van der Waals surface area contributed by atoms with E-state index in [0.717, 1.165) is 0 Å². The molecule has 38 heavy (non-hydrogen) atoms. The molecule has 198 valence electrons. The summed E-state index contributed by atoms with van der Waals surface area (Å²) in [6.07, 6.45) is 0. The molecule has 3 N–H and O–H groups in total. The number of aliphatic hydroxyl groups is 1. The molecule has 0 amide bonds. The Balaban J connectivity index is 1.92. The van der Waals surface area contributed by atoms with E-state index in [-0.39, 0.29) is 45.0 Å². The molecule has 0 saturated carbocycles. The maximum absolute atomic E-state index is 13.9. The van der Waals surface area contributed by atoms with Gasteiger partial charge < -0.3 is 14.7 Å². The molecule has 0 fully saturated rings. The van der Waals surface area contributed by atoms with Gasteiger partial charge in [-0.05, 0) is 65.2 Å². The molecule has 4 rings (SSSR count). The number of nitrogens with two attached hydrogens (primary N) is 1. The molecule has 0 atom stereocenters. The van der Waals surface area contributed by atoms with Crippen LogP contribution in [-0.4, -0.2) is 13.5 Å². The zero-order chi connectivity index (χ0) is 27.4. The molecule has 0 heterocycles. The van der Waals surface area contributed by atoms with Crippen molar-refractivity contribution in [1.82, 2.24) is 0 Å². The smallest absolute Gasteiger partial charge is 0.241 e. The summed E-state index contributed by atoms with van der Waals surface area (Å²) in [5, 5.41) is 15.3. The predicted octanol–water partition coefficient (Wildman–Crippen LogP) is 6.41. The van der Waals surface area contributed by atoms with Crippen molar-refractivity contribution in [1.29, 1.82) is 0 Å². The Morgan fingerprint density at radius 2 is 1.37 bits per heavy atom. The highest BCUT2D eigenvalue weighted by Gasteiger charge is 2.25. The molecule has 0 aliphatic heterocycles. The fourth-order valence-corrected chi connectivity index (χ4v) is 4.96. The summed E-state index contributed by atoms with van der Waals surface area (Å²) in [4.78, 5) is 1.36. The number of nitrogens with zero attached hydrogens (tertiary/aromatic N) is 1. The highest BCUT2D eigenvalue weighted by Crippen LogP contribution is 2.41. The lowest BCUT2D eigenvalue weighted by Crippen LogP contribution is -2.24. The number of anilines is 1. The lowest BCUT2D eigenvalue weighted by atomic mass is 10.1. The monoisotopic (exact) mass is 578 g/mol. The summed E-state index contributed by atoms with van der Waals surface area (Å²) in [6.45, 7) is -0.294. The van der Waals surface area contributed by atoms with Gasteiger partial charge in [0, 0.05) is 13.1 Å². The minimum absolute atomic E-state index is 0.0858. The van der Waals surface area contributed by atoms with Crippen molar-refractivity contribution in [3.8, 4) is 11.5 Å². The minimum atomic E-state index is -4.32. The first-order valence-corrected chi connectivity index (χ1v) is 13.5. The molecule has 0 aliphatic rings. The van der Waals surface area contributed by atoms with Gasteiger partial charge in [0.15, 0.2) is 5.75 Å². The zero-order valence-electron chi connectivity index (χ0n) is 19.7. The van der Waals surface area contributed by atoms with Gasteiger partial charge in [-0.2, -0.15) is 0 Å². The number of hydrogen-bond donors (Lipinski definition) is 2. The van der Waals surface area contributed by atoms with Gasteiger partial charge in [-0.15, -0.1) is 0 Å². The molecular weight excluding hydrogens is 557 g/mol. The lowest BCUT2D eigenvalue weighted by molar-refractivity contribution is 0.281. The van der Waals surface area contributed by atoms with Crippen LogP contribution in [0, 0.1) is 11.6 Å². The molecular formula is C27H22Cl2F2N2O4S. The third kappa shape index (κ3) is 6.61. The van der Waals surface area contributed by atoms with E-state index in [4.69, 9.17) is 33.1 Å². The third-order valence-corrected chi connectivity index (χ3v) is 7.10. The Bertz CT molecular complexity index is 1520. The number of rotatable bonds is 9. The number of benzene rings is 4. The highest BCUT2D eigenvalue weighted by atomic mass is 35.5. The molecule has 6 nitrogen and oxygen atoms in total. The van der Waals surface area contributed by atoms with E-state index in [1.807, 2.05) is 0 Å². The summed E-state index contributed by atoms with van der Waals surface area (Å²) < 4.78 is 59.1. The number of para-hydroxylation sites is 1. The summed E-state index contributed by atoms with van der Waals surface area (Å²) >= 11 is 12.0. The van der Waals surface area contributed by atoms with Crippen LogP contribution in [0.25, 0.3) is 0 Å². The zero-order valence-corrected chi connectivity index (χ0v) is 22.1. The number of halogens is 4. The molecule has 4 aromatic rings. The van der Waals surface area contributed by atoms with Gasteiger partial charge in [0.1, 0.15) is 22.3 Å². The molecule has 4 aromatic carbocycles. The van der Waals surface area contributed by atoms with E-state index < -0.39 is 28.3 Å². The molecule has 0 saturated heterocycles. The highest BCUT2D eigenvalue weighted by molar-refractivity contribution is 7.89. The van der Waals surface area contributed by atoms with Crippen LogP contribution in [0.4, 0.5) is 14.5 Å². The Morgan fingerprint density at radius 1 is 0.816 bits per heavy atom. The van der Waals surface area contributed by atoms with E-state index in [0.29, 0.717) is 16.9 Å². The number of ether oxygens (including phenoxy) is 1. The Hall–Kier alpha value is -3.21. The van der Waals surface area contributed by atoms with Crippen LogP contribution in [0.15, 0.2) is 83.8 Å². The lowest BCUT2D eigenvalue weighted by Gasteiger charge is -2.29. The van der Waals surface area contributed by atoms with Gasteiger partial charge in [0.25, 0.3) is 0 Å². The second-order valence-electron chi connectivity index (χ2n) is 8.41. The van der Waals surface area contributed by atoms with Crippen molar-refractivity contribution < 1.29 is 27.0 Å². The molecule has 0 bridgehead atoms. The topological polar surface area (TPSA) is 92.9 Å². The van der Waals surface area contributed by atoms with Crippen LogP contribution in [0.2, 0.25) is 10.0 Å². The molecule has 0 radical (unpaired) electrons. The second-order valence-corrected chi connectivity index (χ2v) is 10.8. The average molecular weight is 579 g/mol. The number of sulfonamides is 1. The van der Waals surface area contributed by atoms with Crippen LogP contribution in [0.5, 0.6) is 11.5 Å². The van der Waals surface area contributed by atoms with Crippen molar-refractivity contribution in [3.63, 3.8) is 0 Å². The summed E-state index contributed by atoms with van der Waals surface area (Å²) in [5.41, 5.74) is 1.68. The Morgan fingerprint density at radius 3 is 1.84 bits per heavy atom. The van der Waals surface area contributed by atoms with Crippen LogP contribution in [0.3, 0.4) is 0 Å². The van der Waals surface area contributed by atoms with Gasteiger partial charge in [-0.1, -0.05) is 53.5 Å². The standard InChI is InChI=1S/C27H22Cl2F2N2O4S/c28-21-10-17(6-8-23(21)30)14-33(15-18-7-9-24(31)22(29)11-18)25-12-19(16-34)13-26(38(32,35)36)27(25)37-20-4-2-1-3-5-20/h1-13,34H,14-16H2,(H2,32,35,36). The number of hydrogen-bond acceptors (Lipinski definition) is 5. The van der Waals surface area contributed by atoms with Crippen LogP contribution in [0.1, 0.15) is 16.7 Å². The van der Waals surface area contributed by atoms with Gasteiger partial charge in [-0.3, -0.25) is 0 Å². The minimum Gasteiger partial charge on any atom is -0.454 e. The molecule has 0 aromatic heterocycles. The molecule has 0 spiro atoms. The van der Waals surface area contributed by atoms with E-state index in [1.54, 1.807) is 41.3 Å². The predicted molar refractivity (Wildman–Crippen MR) is 143 cm³/mol. The van der Waals surface area contributed by atoms with Gasteiger partial charge in [-0.25, -0.2) is 22.3 Å². The van der Waals surface area contributed by atoms with E-state index in [9.17, 15) is 22.3 Å². The largest absolute Gasteiger partial charge is 0.454 e. The Labute approximate surface area is 228 Å². The van der Waals surface area contributed by atoms with E-state index >= 15 is 0 Å². The van der Waals surface area contributed by atoms with Crippen LogP contribution in [-0.2, 0) is 29.7 Å². The average Bonchev–Trinajstić information content (AvgIpc) is 2.88. The van der Waals surface area contributed by atoms with Crippen molar-refractivity contribution in [3.05, 3.63) is 117 Å². The molecule has 0 aliphatic carbocycles. The van der Waals surface area contributed by atoms with E-state index in [1.165, 1.54) is 42.5 Å². The summed E-state index contributed by atoms with van der Waals surface area (Å²) in [5.74, 6) is -0.944. The third-order valence-electron chi connectivity index (χ3n) is 5.60. The van der Waals surface area contributed by atoms with Crippen molar-refractivity contribution in [2.45, 2.75) is 24.6 Å². The maximum atomic E-state index is 13.9. The first-order valence-electron chi connectivity index (χ1n) is 11.2. The molecule has 0 unspecified atom stereocenters.